The van der Waals surface area contributed by atoms with Crippen LogP contribution in [0, 0.1) is 19.7 Å². The van der Waals surface area contributed by atoms with Crippen molar-refractivity contribution in [2.24, 2.45) is 0 Å². The van der Waals surface area contributed by atoms with Crippen molar-refractivity contribution >= 4 is 28.8 Å². The fourth-order valence-electron chi connectivity index (χ4n) is 1.94. The summed E-state index contributed by atoms with van der Waals surface area (Å²) in [5.74, 6) is -0.162. The maximum Gasteiger partial charge on any atom is 0.187 e. The summed E-state index contributed by atoms with van der Waals surface area (Å²) in [6, 6.07) is 4.50. The molecule has 0 unspecified atom stereocenters. The van der Waals surface area contributed by atoms with Crippen molar-refractivity contribution in [3.63, 3.8) is 0 Å². The van der Waals surface area contributed by atoms with E-state index in [9.17, 15) is 4.39 Å². The summed E-state index contributed by atoms with van der Waals surface area (Å²) in [5.41, 5.74) is 2.70. The van der Waals surface area contributed by atoms with Gasteiger partial charge in [-0.3, -0.25) is 0 Å². The van der Waals surface area contributed by atoms with Crippen LogP contribution in [0.5, 0.6) is 0 Å². The van der Waals surface area contributed by atoms with Crippen molar-refractivity contribution in [3.05, 3.63) is 45.3 Å². The Morgan fingerprint density at radius 1 is 1.10 bits per heavy atom. The Kier molecular flexibility index (Phi) is 3.11. The lowest BCUT2D eigenvalue weighted by molar-refractivity contribution is 0.628. The lowest BCUT2D eigenvalue weighted by atomic mass is 10.2. The Balaban J connectivity index is 2.36. The van der Waals surface area contributed by atoms with Gasteiger partial charge in [0.05, 0.1) is 5.02 Å². The minimum absolute atomic E-state index is 0.0158. The van der Waals surface area contributed by atoms with Gasteiger partial charge in [-0.2, -0.15) is 9.61 Å². The molecule has 2 heterocycles. The van der Waals surface area contributed by atoms with Gasteiger partial charge in [-0.25, -0.2) is 4.39 Å². The zero-order valence-corrected chi connectivity index (χ0v) is 12.2. The number of hydrogen-bond acceptors (Lipinski definition) is 3. The summed E-state index contributed by atoms with van der Waals surface area (Å²) in [6.07, 6.45) is 0. The number of hydrogen-bond donors (Lipinski definition) is 0. The van der Waals surface area contributed by atoms with Crippen LogP contribution in [0.25, 0.3) is 17.0 Å². The van der Waals surface area contributed by atoms with Gasteiger partial charge in [-0.15, -0.1) is 10.2 Å². The lowest BCUT2D eigenvalue weighted by Gasteiger charge is -2.06. The highest BCUT2D eigenvalue weighted by Crippen LogP contribution is 2.30. The lowest BCUT2D eigenvalue weighted by Crippen LogP contribution is -2.00. The maximum atomic E-state index is 13.6. The Labute approximate surface area is 124 Å². The van der Waals surface area contributed by atoms with Gasteiger partial charge >= 0.3 is 0 Å². The predicted octanol–water partition coefficient (Wildman–Crippen LogP) is 3.85. The zero-order chi connectivity index (χ0) is 14.4. The van der Waals surface area contributed by atoms with Gasteiger partial charge in [0, 0.05) is 11.1 Å². The number of rotatable bonds is 1. The van der Waals surface area contributed by atoms with Crippen LogP contribution in [0.1, 0.15) is 11.1 Å². The Morgan fingerprint density at radius 3 is 2.60 bits per heavy atom. The molecule has 0 amide bonds. The van der Waals surface area contributed by atoms with Crippen LogP contribution in [0.4, 0.5) is 4.39 Å². The first-order chi connectivity index (χ1) is 9.50. The molecule has 0 spiro atoms. The van der Waals surface area contributed by atoms with Gasteiger partial charge in [-0.05, 0) is 31.5 Å². The summed E-state index contributed by atoms with van der Waals surface area (Å²) >= 11 is 12.1. The van der Waals surface area contributed by atoms with E-state index in [-0.39, 0.29) is 5.02 Å². The van der Waals surface area contributed by atoms with Crippen LogP contribution in [0.15, 0.2) is 18.2 Å². The molecule has 0 aliphatic heterocycles. The van der Waals surface area contributed by atoms with Gasteiger partial charge in [0.15, 0.2) is 16.6 Å². The molecule has 0 N–H and O–H groups in total. The highest BCUT2D eigenvalue weighted by Gasteiger charge is 2.18. The van der Waals surface area contributed by atoms with E-state index < -0.39 is 5.82 Å². The highest BCUT2D eigenvalue weighted by molar-refractivity contribution is 6.33. The molecule has 0 bridgehead atoms. The third-order valence-corrected chi connectivity index (χ3v) is 3.97. The van der Waals surface area contributed by atoms with E-state index in [1.807, 2.05) is 13.8 Å². The second-order valence-electron chi connectivity index (χ2n) is 4.40. The van der Waals surface area contributed by atoms with E-state index in [1.54, 1.807) is 12.1 Å². The van der Waals surface area contributed by atoms with Crippen molar-refractivity contribution in [1.82, 2.24) is 19.8 Å². The maximum absolute atomic E-state index is 13.6. The minimum atomic E-state index is -0.518. The van der Waals surface area contributed by atoms with Crippen molar-refractivity contribution in [2.75, 3.05) is 0 Å². The summed E-state index contributed by atoms with van der Waals surface area (Å²) in [4.78, 5) is 0. The summed E-state index contributed by atoms with van der Waals surface area (Å²) in [5, 5.41) is 12.7. The molecule has 0 aliphatic rings. The first-order valence-corrected chi connectivity index (χ1v) is 6.58. The van der Waals surface area contributed by atoms with Crippen molar-refractivity contribution in [2.45, 2.75) is 13.8 Å². The Bertz CT molecular complexity index is 829. The van der Waals surface area contributed by atoms with E-state index in [2.05, 4.69) is 15.3 Å². The molecule has 3 rings (SSSR count). The molecule has 0 saturated carbocycles. The molecule has 0 aliphatic carbocycles. The Morgan fingerprint density at radius 2 is 1.85 bits per heavy atom. The number of fused-ring (bicyclic) bond motifs is 1. The zero-order valence-electron chi connectivity index (χ0n) is 10.7. The van der Waals surface area contributed by atoms with Crippen LogP contribution < -0.4 is 0 Å². The first kappa shape index (κ1) is 13.3. The van der Waals surface area contributed by atoms with Crippen LogP contribution >= 0.6 is 23.2 Å². The SMILES string of the molecule is Cc1c(Cl)nn2c(-c3cccc(F)c3Cl)nnc2c1C. The van der Waals surface area contributed by atoms with Gasteiger partial charge in [0.2, 0.25) is 0 Å². The second kappa shape index (κ2) is 4.68. The number of aromatic nitrogens is 4. The number of benzene rings is 1. The average molecular weight is 311 g/mol. The summed E-state index contributed by atoms with van der Waals surface area (Å²) in [6.45, 7) is 3.73. The Hall–Kier alpha value is -1.72. The normalized spacial score (nSPS) is 11.2. The molecule has 1 aromatic carbocycles. The van der Waals surface area contributed by atoms with Crippen LogP contribution in [-0.4, -0.2) is 19.8 Å². The first-order valence-electron chi connectivity index (χ1n) is 5.83. The van der Waals surface area contributed by atoms with Crippen molar-refractivity contribution < 1.29 is 4.39 Å². The quantitative estimate of drug-likeness (QED) is 0.685. The molecule has 3 aromatic rings. The van der Waals surface area contributed by atoms with Gasteiger partial charge in [-0.1, -0.05) is 29.3 Å². The van der Waals surface area contributed by atoms with E-state index in [0.29, 0.717) is 22.2 Å². The van der Waals surface area contributed by atoms with Crippen LogP contribution in [0.2, 0.25) is 10.2 Å². The average Bonchev–Trinajstić information content (AvgIpc) is 2.83. The van der Waals surface area contributed by atoms with Gasteiger partial charge in [0.1, 0.15) is 5.82 Å². The minimum Gasteiger partial charge on any atom is -0.205 e. The third kappa shape index (κ3) is 1.85. The number of nitrogens with zero attached hydrogens (tertiary/aromatic N) is 4. The molecule has 20 heavy (non-hydrogen) atoms. The largest absolute Gasteiger partial charge is 0.205 e. The summed E-state index contributed by atoms with van der Waals surface area (Å²) in [7, 11) is 0. The highest BCUT2D eigenvalue weighted by atomic mass is 35.5. The van der Waals surface area contributed by atoms with Gasteiger partial charge < -0.3 is 0 Å². The molecule has 0 radical (unpaired) electrons. The molecule has 7 heteroatoms. The number of halogens is 3. The van der Waals surface area contributed by atoms with Crippen molar-refractivity contribution in [1.29, 1.82) is 0 Å². The molecule has 0 saturated heterocycles. The standard InChI is InChI=1S/C13H9Cl2FN4/c1-6-7(2)12-17-18-13(20(12)19-11(6)15)8-4-3-5-9(16)10(8)14/h3-5H,1-2H3. The smallest absolute Gasteiger partial charge is 0.187 e. The molecule has 102 valence electrons. The molecule has 2 aromatic heterocycles. The van der Waals surface area contributed by atoms with E-state index in [0.717, 1.165) is 11.1 Å². The third-order valence-electron chi connectivity index (χ3n) is 3.23. The fraction of sp³-hybridized carbons (Fsp3) is 0.154. The molecule has 0 fully saturated rings. The second-order valence-corrected chi connectivity index (χ2v) is 5.14. The van der Waals surface area contributed by atoms with Crippen LogP contribution in [0.3, 0.4) is 0 Å². The van der Waals surface area contributed by atoms with E-state index >= 15 is 0 Å². The van der Waals surface area contributed by atoms with Crippen LogP contribution in [-0.2, 0) is 0 Å². The summed E-state index contributed by atoms with van der Waals surface area (Å²) < 4.78 is 15.0. The molecule has 4 nitrogen and oxygen atoms in total. The molecular formula is C13H9Cl2FN4. The predicted molar refractivity (Wildman–Crippen MR) is 75.7 cm³/mol. The molecular weight excluding hydrogens is 302 g/mol. The monoisotopic (exact) mass is 310 g/mol. The van der Waals surface area contributed by atoms with Crippen molar-refractivity contribution in [3.8, 4) is 11.4 Å². The molecule has 0 atom stereocenters. The topological polar surface area (TPSA) is 43.1 Å². The van der Waals surface area contributed by atoms with E-state index in [1.165, 1.54) is 10.6 Å². The van der Waals surface area contributed by atoms with E-state index in [4.69, 9.17) is 23.2 Å². The number of aryl methyl sites for hydroxylation is 1. The van der Waals surface area contributed by atoms with Gasteiger partial charge in [0.25, 0.3) is 0 Å². The fourth-order valence-corrected chi connectivity index (χ4v) is 2.37.